The second kappa shape index (κ2) is 4.26. The van der Waals surface area contributed by atoms with Gasteiger partial charge in [0.05, 0.1) is 22.4 Å². The second-order valence-corrected chi connectivity index (χ2v) is 7.43. The number of nitrogens with zero attached hydrogens (tertiary/aromatic N) is 2. The van der Waals surface area contributed by atoms with Crippen LogP contribution in [0.5, 0.6) is 0 Å². The Morgan fingerprint density at radius 2 is 1.85 bits per heavy atom. The first-order valence-corrected chi connectivity index (χ1v) is 9.30. The minimum absolute atomic E-state index is 0.132. The van der Waals surface area contributed by atoms with Crippen molar-refractivity contribution in [2.45, 2.75) is 31.1 Å². The summed E-state index contributed by atoms with van der Waals surface area (Å²) in [6.45, 7) is 2.40. The van der Waals surface area contributed by atoms with Gasteiger partial charge in [-0.25, -0.2) is 9.97 Å². The van der Waals surface area contributed by atoms with Crippen LogP contribution in [0.15, 0.2) is 24.3 Å². The van der Waals surface area contributed by atoms with Crippen LogP contribution in [0.3, 0.4) is 0 Å². The first-order valence-electron chi connectivity index (χ1n) is 7.05. The van der Waals surface area contributed by atoms with Crippen molar-refractivity contribution in [3.63, 3.8) is 0 Å². The van der Waals surface area contributed by atoms with E-state index in [1.165, 1.54) is 24.2 Å². The first-order chi connectivity index (χ1) is 9.66. The van der Waals surface area contributed by atoms with Crippen molar-refractivity contribution in [3.8, 4) is 0 Å². The van der Waals surface area contributed by atoms with Gasteiger partial charge in [0.2, 0.25) is 0 Å². The second-order valence-electron chi connectivity index (χ2n) is 6.30. The van der Waals surface area contributed by atoms with Crippen LogP contribution in [0.25, 0.3) is 11.0 Å². The fourth-order valence-corrected chi connectivity index (χ4v) is 6.38. The van der Waals surface area contributed by atoms with Crippen LogP contribution >= 0.6 is 31.9 Å². The average molecular weight is 396 g/mol. The van der Waals surface area contributed by atoms with Gasteiger partial charge in [-0.2, -0.15) is 0 Å². The zero-order chi connectivity index (χ0) is 14.0. The molecule has 4 rings (SSSR count). The molecule has 0 amide bonds. The lowest BCUT2D eigenvalue weighted by Crippen LogP contribution is -2.40. The van der Waals surface area contributed by atoms with Crippen LogP contribution in [0.1, 0.15) is 37.1 Å². The number of alkyl halides is 2. The standard InChI is InChI=1S/C16H16Br2N2/c1-15(8-17)10-6-7-16(15,9-18)14-13(10)19-11-4-2-3-5-12(11)20-14/h2-5,10H,6-9H2,1H3/t10-,15-,16+/m0/s1. The van der Waals surface area contributed by atoms with E-state index >= 15 is 0 Å². The van der Waals surface area contributed by atoms with Gasteiger partial charge in [0.15, 0.2) is 0 Å². The van der Waals surface area contributed by atoms with Gasteiger partial charge in [-0.15, -0.1) is 0 Å². The Morgan fingerprint density at radius 3 is 2.50 bits per heavy atom. The molecule has 0 unspecified atom stereocenters. The van der Waals surface area contributed by atoms with Gasteiger partial charge in [-0.1, -0.05) is 50.9 Å². The van der Waals surface area contributed by atoms with E-state index in [1.807, 2.05) is 12.1 Å². The van der Waals surface area contributed by atoms with Crippen LogP contribution in [0, 0.1) is 5.41 Å². The van der Waals surface area contributed by atoms with E-state index in [0.717, 1.165) is 21.7 Å². The molecule has 104 valence electrons. The molecule has 2 aliphatic carbocycles. The summed E-state index contributed by atoms with van der Waals surface area (Å²) >= 11 is 7.55. The molecule has 2 aliphatic rings. The first kappa shape index (κ1) is 13.2. The summed E-state index contributed by atoms with van der Waals surface area (Å²) in [5.41, 5.74) is 4.89. The molecule has 0 saturated heterocycles. The summed E-state index contributed by atoms with van der Waals surface area (Å²) in [7, 11) is 0. The lowest BCUT2D eigenvalue weighted by molar-refractivity contribution is 0.243. The van der Waals surface area contributed by atoms with Gasteiger partial charge in [-0.05, 0) is 30.4 Å². The van der Waals surface area contributed by atoms with Gasteiger partial charge in [0, 0.05) is 22.0 Å². The van der Waals surface area contributed by atoms with Crippen LogP contribution in [0.4, 0.5) is 0 Å². The van der Waals surface area contributed by atoms with Crippen LogP contribution in [0.2, 0.25) is 0 Å². The van der Waals surface area contributed by atoms with Gasteiger partial charge in [0.25, 0.3) is 0 Å². The van der Waals surface area contributed by atoms with E-state index < -0.39 is 0 Å². The molecular formula is C16H16Br2N2. The predicted molar refractivity (Wildman–Crippen MR) is 88.9 cm³/mol. The molecule has 3 atom stereocenters. The Labute approximate surface area is 135 Å². The number of rotatable bonds is 2. The molecule has 20 heavy (non-hydrogen) atoms. The summed E-state index contributed by atoms with van der Waals surface area (Å²) in [4.78, 5) is 9.98. The molecule has 1 aromatic carbocycles. The largest absolute Gasteiger partial charge is 0.249 e. The molecule has 0 N–H and O–H groups in total. The third-order valence-electron chi connectivity index (χ3n) is 5.61. The summed E-state index contributed by atoms with van der Waals surface area (Å²) in [5.74, 6) is 0.534. The van der Waals surface area contributed by atoms with E-state index in [1.54, 1.807) is 0 Å². The van der Waals surface area contributed by atoms with E-state index in [9.17, 15) is 0 Å². The van der Waals surface area contributed by atoms with Crippen molar-refractivity contribution in [3.05, 3.63) is 35.7 Å². The number of halogens is 2. The summed E-state index contributed by atoms with van der Waals surface area (Å²) in [5, 5.41) is 1.98. The van der Waals surface area contributed by atoms with E-state index in [0.29, 0.717) is 5.92 Å². The normalized spacial score (nSPS) is 34.6. The minimum Gasteiger partial charge on any atom is -0.249 e. The number of aromatic nitrogens is 2. The van der Waals surface area contributed by atoms with Gasteiger partial charge >= 0.3 is 0 Å². The third kappa shape index (κ3) is 1.35. The molecule has 2 aromatic rings. The highest BCUT2D eigenvalue weighted by atomic mass is 79.9. The van der Waals surface area contributed by atoms with Gasteiger partial charge < -0.3 is 0 Å². The molecule has 1 heterocycles. The van der Waals surface area contributed by atoms with Crippen LogP contribution in [-0.4, -0.2) is 20.6 Å². The fraction of sp³-hybridized carbons (Fsp3) is 0.500. The topological polar surface area (TPSA) is 25.8 Å². The molecule has 1 aromatic heterocycles. The van der Waals surface area contributed by atoms with E-state index in [2.05, 4.69) is 50.9 Å². The zero-order valence-corrected chi connectivity index (χ0v) is 14.5. The Bertz CT molecular complexity index is 702. The van der Waals surface area contributed by atoms with Crippen molar-refractivity contribution >= 4 is 42.9 Å². The Kier molecular flexibility index (Phi) is 2.81. The Hall–Kier alpha value is -0.480. The van der Waals surface area contributed by atoms with Crippen LogP contribution < -0.4 is 0 Å². The number of hydrogen-bond acceptors (Lipinski definition) is 2. The molecule has 1 saturated carbocycles. The zero-order valence-electron chi connectivity index (χ0n) is 11.4. The third-order valence-corrected chi connectivity index (χ3v) is 7.73. The molecule has 0 aliphatic heterocycles. The van der Waals surface area contributed by atoms with Crippen molar-refractivity contribution < 1.29 is 0 Å². The Morgan fingerprint density at radius 1 is 1.15 bits per heavy atom. The lowest BCUT2D eigenvalue weighted by atomic mass is 9.70. The SMILES string of the molecule is C[C@]1(CBr)[C@H]2CC[C@@]1(CBr)c1nc3ccccc3nc12. The number of fused-ring (bicyclic) bond motifs is 6. The van der Waals surface area contributed by atoms with E-state index in [-0.39, 0.29) is 10.8 Å². The number of para-hydroxylation sites is 2. The predicted octanol–water partition coefficient (Wildman–Crippen LogP) is 4.55. The summed E-state index contributed by atoms with van der Waals surface area (Å²) in [6.07, 6.45) is 2.44. The van der Waals surface area contributed by atoms with Crippen molar-refractivity contribution in [2.24, 2.45) is 5.41 Å². The molecular weight excluding hydrogens is 380 g/mol. The summed E-state index contributed by atoms with van der Waals surface area (Å²) < 4.78 is 0. The number of benzene rings is 1. The maximum absolute atomic E-state index is 5.01. The minimum atomic E-state index is 0.132. The highest BCUT2D eigenvalue weighted by molar-refractivity contribution is 9.09. The van der Waals surface area contributed by atoms with Gasteiger partial charge in [0.1, 0.15) is 0 Å². The molecule has 0 spiro atoms. The van der Waals surface area contributed by atoms with Crippen molar-refractivity contribution in [1.82, 2.24) is 9.97 Å². The highest BCUT2D eigenvalue weighted by Gasteiger charge is 2.65. The molecule has 2 bridgehead atoms. The smallest absolute Gasteiger partial charge is 0.0890 e. The molecule has 2 nitrogen and oxygen atoms in total. The van der Waals surface area contributed by atoms with E-state index in [4.69, 9.17) is 9.97 Å². The summed E-state index contributed by atoms with van der Waals surface area (Å²) in [6, 6.07) is 8.23. The van der Waals surface area contributed by atoms with Crippen LogP contribution in [-0.2, 0) is 5.41 Å². The lowest BCUT2D eigenvalue weighted by Gasteiger charge is -2.38. The molecule has 1 fully saturated rings. The molecule has 4 heteroatoms. The number of hydrogen-bond donors (Lipinski definition) is 0. The molecule has 0 radical (unpaired) electrons. The van der Waals surface area contributed by atoms with Gasteiger partial charge in [-0.3, -0.25) is 0 Å². The van der Waals surface area contributed by atoms with Crippen molar-refractivity contribution in [2.75, 3.05) is 10.7 Å². The quantitative estimate of drug-likeness (QED) is 0.696. The Balaban J connectivity index is 2.05. The monoisotopic (exact) mass is 394 g/mol. The maximum atomic E-state index is 5.01. The maximum Gasteiger partial charge on any atom is 0.0890 e. The highest BCUT2D eigenvalue weighted by Crippen LogP contribution is 2.68. The van der Waals surface area contributed by atoms with Crippen molar-refractivity contribution in [1.29, 1.82) is 0 Å². The fourth-order valence-electron chi connectivity index (χ4n) is 4.27. The average Bonchev–Trinajstić information content (AvgIpc) is 2.90.